The zero-order chi connectivity index (χ0) is 11.7. The maximum atomic E-state index is 12.4. The average molecular weight is 224 g/mol. The molecule has 86 valence electrons. The molecular formula is C9H11F3O3. The molecule has 0 saturated heterocycles. The summed E-state index contributed by atoms with van der Waals surface area (Å²) in [4.78, 5) is 21.6. The molecule has 0 aromatic rings. The van der Waals surface area contributed by atoms with Crippen LogP contribution in [0.25, 0.3) is 0 Å². The van der Waals surface area contributed by atoms with Crippen molar-refractivity contribution in [3.05, 3.63) is 0 Å². The molecule has 15 heavy (non-hydrogen) atoms. The Kier molecular flexibility index (Phi) is 3.06. The quantitative estimate of drug-likeness (QED) is 0.684. The van der Waals surface area contributed by atoms with Crippen LogP contribution in [0.15, 0.2) is 0 Å². The van der Waals surface area contributed by atoms with Gasteiger partial charge in [0, 0.05) is 12.8 Å². The fraction of sp³-hybridized carbons (Fsp3) is 0.778. The van der Waals surface area contributed by atoms with E-state index in [-0.39, 0.29) is 13.0 Å². The minimum absolute atomic E-state index is 0.131. The van der Waals surface area contributed by atoms with Gasteiger partial charge in [0.25, 0.3) is 0 Å². The normalized spacial score (nSPS) is 25.2. The topological polar surface area (TPSA) is 43.4 Å². The number of ether oxygens (including phenoxy) is 1. The van der Waals surface area contributed by atoms with Gasteiger partial charge in [-0.25, -0.2) is 0 Å². The van der Waals surface area contributed by atoms with Gasteiger partial charge in [-0.1, -0.05) is 0 Å². The number of carbonyl (C=O) groups is 2. The molecule has 0 aromatic carbocycles. The summed E-state index contributed by atoms with van der Waals surface area (Å²) >= 11 is 0. The van der Waals surface area contributed by atoms with Crippen LogP contribution in [0, 0.1) is 5.41 Å². The summed E-state index contributed by atoms with van der Waals surface area (Å²) in [7, 11) is 0. The monoisotopic (exact) mass is 224 g/mol. The van der Waals surface area contributed by atoms with Gasteiger partial charge in [0.1, 0.15) is 11.2 Å². The Hall–Kier alpha value is -1.07. The highest BCUT2D eigenvalue weighted by Crippen LogP contribution is 2.57. The van der Waals surface area contributed by atoms with Crippen LogP contribution in [0.4, 0.5) is 13.2 Å². The number of alkyl halides is 3. The van der Waals surface area contributed by atoms with E-state index < -0.39 is 36.2 Å². The van der Waals surface area contributed by atoms with Gasteiger partial charge < -0.3 is 4.74 Å². The maximum Gasteiger partial charge on any atom is 0.401 e. The highest BCUT2D eigenvalue weighted by molar-refractivity contribution is 6.01. The molecule has 1 aliphatic carbocycles. The molecule has 0 aliphatic heterocycles. The second-order valence-corrected chi connectivity index (χ2v) is 3.48. The minimum atomic E-state index is -4.55. The van der Waals surface area contributed by atoms with Gasteiger partial charge in [0.15, 0.2) is 0 Å². The maximum absolute atomic E-state index is 12.4. The van der Waals surface area contributed by atoms with E-state index in [1.54, 1.807) is 6.92 Å². The lowest BCUT2D eigenvalue weighted by Gasteiger charge is -2.16. The van der Waals surface area contributed by atoms with Crippen LogP contribution in [0.2, 0.25) is 0 Å². The second kappa shape index (κ2) is 3.83. The van der Waals surface area contributed by atoms with Crippen LogP contribution in [0.1, 0.15) is 26.2 Å². The van der Waals surface area contributed by atoms with Gasteiger partial charge in [-0.3, -0.25) is 9.59 Å². The van der Waals surface area contributed by atoms with Crippen molar-refractivity contribution in [3.63, 3.8) is 0 Å². The van der Waals surface area contributed by atoms with E-state index in [1.807, 2.05) is 0 Å². The number of esters is 1. The van der Waals surface area contributed by atoms with Crippen molar-refractivity contribution in [1.29, 1.82) is 0 Å². The molecule has 6 heteroatoms. The summed E-state index contributed by atoms with van der Waals surface area (Å²) in [6.07, 6.45) is -5.90. The van der Waals surface area contributed by atoms with E-state index in [2.05, 4.69) is 4.74 Å². The first kappa shape index (κ1) is 12.0. The fourth-order valence-corrected chi connectivity index (χ4v) is 1.41. The van der Waals surface area contributed by atoms with Crippen molar-refractivity contribution >= 4 is 11.8 Å². The first-order valence-corrected chi connectivity index (χ1v) is 4.59. The Morgan fingerprint density at radius 1 is 1.53 bits per heavy atom. The van der Waals surface area contributed by atoms with Crippen LogP contribution < -0.4 is 0 Å². The molecular weight excluding hydrogens is 213 g/mol. The molecule has 0 bridgehead atoms. The summed E-state index contributed by atoms with van der Waals surface area (Å²) in [6.45, 7) is 1.70. The molecule has 3 nitrogen and oxygen atoms in total. The Labute approximate surface area is 84.6 Å². The Morgan fingerprint density at radius 3 is 2.40 bits per heavy atom. The number of hydrogen-bond acceptors (Lipinski definition) is 3. The van der Waals surface area contributed by atoms with Crippen molar-refractivity contribution in [2.75, 3.05) is 6.61 Å². The summed E-state index contributed by atoms with van der Waals surface area (Å²) in [6, 6.07) is 0. The Morgan fingerprint density at radius 2 is 2.07 bits per heavy atom. The highest BCUT2D eigenvalue weighted by Gasteiger charge is 2.70. The summed E-state index contributed by atoms with van der Waals surface area (Å²) < 4.78 is 41.7. The number of hydrogen-bond donors (Lipinski definition) is 0. The van der Waals surface area contributed by atoms with Gasteiger partial charge >= 0.3 is 12.1 Å². The van der Waals surface area contributed by atoms with Crippen molar-refractivity contribution in [2.24, 2.45) is 5.41 Å². The van der Waals surface area contributed by atoms with Crippen LogP contribution in [-0.4, -0.2) is 24.5 Å². The summed E-state index contributed by atoms with van der Waals surface area (Å²) in [5.41, 5.74) is -2.26. The van der Waals surface area contributed by atoms with E-state index in [9.17, 15) is 22.8 Å². The highest BCUT2D eigenvalue weighted by atomic mass is 19.4. The molecule has 1 aliphatic rings. The smallest absolute Gasteiger partial charge is 0.401 e. The van der Waals surface area contributed by atoms with Gasteiger partial charge in [-0.2, -0.15) is 13.2 Å². The predicted octanol–water partition coefficient (Wildman–Crippen LogP) is 1.85. The van der Waals surface area contributed by atoms with Crippen molar-refractivity contribution in [2.45, 2.75) is 32.4 Å². The number of rotatable bonds is 4. The largest absolute Gasteiger partial charge is 0.466 e. The standard InChI is InChI=1S/C9H11F3O3/c1-2-15-7(14)3-4-8(5-6(8)13)9(10,11)12/h2-5H2,1H3. The van der Waals surface area contributed by atoms with E-state index >= 15 is 0 Å². The summed E-state index contributed by atoms with van der Waals surface area (Å²) in [5, 5.41) is 0. The molecule has 1 fully saturated rings. The van der Waals surface area contributed by atoms with Crippen LogP contribution in [0.3, 0.4) is 0 Å². The van der Waals surface area contributed by atoms with E-state index in [0.29, 0.717) is 0 Å². The molecule has 1 unspecified atom stereocenters. The Bertz CT molecular complexity index is 285. The van der Waals surface area contributed by atoms with Gasteiger partial charge in [-0.15, -0.1) is 0 Å². The lowest BCUT2D eigenvalue weighted by atomic mass is 9.99. The third-order valence-electron chi connectivity index (χ3n) is 2.47. The first-order chi connectivity index (χ1) is 6.83. The van der Waals surface area contributed by atoms with Gasteiger partial charge in [0.05, 0.1) is 6.61 Å². The predicted molar refractivity (Wildman–Crippen MR) is 44.0 cm³/mol. The SMILES string of the molecule is CCOC(=O)CCC1(C(F)(F)F)CC1=O. The zero-order valence-electron chi connectivity index (χ0n) is 8.19. The molecule has 0 amide bonds. The molecule has 0 N–H and O–H groups in total. The third-order valence-corrected chi connectivity index (χ3v) is 2.47. The van der Waals surface area contributed by atoms with Crippen LogP contribution >= 0.6 is 0 Å². The molecule has 1 atom stereocenters. The number of ketones is 1. The molecule has 1 rings (SSSR count). The average Bonchev–Trinajstić information content (AvgIpc) is 2.74. The Balaban J connectivity index is 2.50. The van der Waals surface area contributed by atoms with E-state index in [0.717, 1.165) is 0 Å². The van der Waals surface area contributed by atoms with Gasteiger partial charge in [-0.05, 0) is 13.3 Å². The number of halogens is 3. The molecule has 0 aromatic heterocycles. The van der Waals surface area contributed by atoms with E-state index in [1.165, 1.54) is 0 Å². The second-order valence-electron chi connectivity index (χ2n) is 3.48. The van der Waals surface area contributed by atoms with E-state index in [4.69, 9.17) is 0 Å². The van der Waals surface area contributed by atoms with Gasteiger partial charge in [0.2, 0.25) is 0 Å². The third kappa shape index (κ3) is 2.30. The number of Topliss-reactive ketones (excluding diaryl/α,β-unsaturated/α-hetero) is 1. The lowest BCUT2D eigenvalue weighted by Crippen LogP contribution is -2.27. The zero-order valence-corrected chi connectivity index (χ0v) is 8.19. The summed E-state index contributed by atoms with van der Waals surface area (Å²) in [5.74, 6) is -1.53. The molecule has 1 saturated carbocycles. The minimum Gasteiger partial charge on any atom is -0.466 e. The van der Waals surface area contributed by atoms with Crippen molar-refractivity contribution in [3.8, 4) is 0 Å². The lowest BCUT2D eigenvalue weighted by molar-refractivity contribution is -0.190. The van der Waals surface area contributed by atoms with Crippen molar-refractivity contribution < 1.29 is 27.5 Å². The van der Waals surface area contributed by atoms with Crippen LogP contribution in [-0.2, 0) is 14.3 Å². The molecule has 0 spiro atoms. The molecule has 0 heterocycles. The molecule has 0 radical (unpaired) electrons. The fourth-order valence-electron chi connectivity index (χ4n) is 1.41. The van der Waals surface area contributed by atoms with Crippen molar-refractivity contribution in [1.82, 2.24) is 0 Å². The first-order valence-electron chi connectivity index (χ1n) is 4.59. The van der Waals surface area contributed by atoms with Crippen LogP contribution in [0.5, 0.6) is 0 Å². The number of carbonyl (C=O) groups excluding carboxylic acids is 2.